The summed E-state index contributed by atoms with van der Waals surface area (Å²) < 4.78 is 177. The van der Waals surface area contributed by atoms with E-state index in [-0.39, 0.29) is 72.7 Å². The molecule has 0 saturated heterocycles. The largest absolute Gasteiger partial charge is 0.493 e. The summed E-state index contributed by atoms with van der Waals surface area (Å²) in [5.41, 5.74) is -1.14. The Bertz CT molecular complexity index is 2190. The summed E-state index contributed by atoms with van der Waals surface area (Å²) >= 11 is 0. The third kappa shape index (κ3) is 14.5. The summed E-state index contributed by atoms with van der Waals surface area (Å²) in [5, 5.41) is 0. The number of hydrogen-bond acceptors (Lipinski definition) is 4. The first-order chi connectivity index (χ1) is 32.5. The molecule has 0 aliphatic heterocycles. The number of allylic oxidation sites excluding steroid dienone is 1. The number of hydrogen-bond donors (Lipinski definition) is 0. The smallest absolute Gasteiger partial charge is 0.422 e. The van der Waals surface area contributed by atoms with Crippen molar-refractivity contribution in [2.75, 3.05) is 26.4 Å². The molecule has 4 aromatic rings. The van der Waals surface area contributed by atoms with Gasteiger partial charge in [0.2, 0.25) is 0 Å². The highest BCUT2D eigenvalue weighted by Gasteiger charge is 2.38. The van der Waals surface area contributed by atoms with Crippen molar-refractivity contribution in [3.63, 3.8) is 0 Å². The number of alkyl halides is 3. The van der Waals surface area contributed by atoms with E-state index in [4.69, 9.17) is 18.9 Å². The van der Waals surface area contributed by atoms with Crippen LogP contribution in [-0.4, -0.2) is 26.4 Å². The Morgan fingerprint density at radius 2 is 0.868 bits per heavy atom. The lowest BCUT2D eigenvalue weighted by atomic mass is 9.79. The van der Waals surface area contributed by atoms with Crippen LogP contribution < -0.4 is 18.9 Å². The van der Waals surface area contributed by atoms with Crippen molar-refractivity contribution < 1.29 is 67.2 Å². The van der Waals surface area contributed by atoms with Crippen LogP contribution in [0.5, 0.6) is 23.0 Å². The first kappa shape index (κ1) is 52.4. The lowest BCUT2D eigenvalue weighted by molar-refractivity contribution is -0.142. The number of halogens is 11. The Hall–Kier alpha value is -4.95. The second-order valence-corrected chi connectivity index (χ2v) is 18.3. The van der Waals surface area contributed by atoms with Crippen LogP contribution in [0.1, 0.15) is 137 Å². The van der Waals surface area contributed by atoms with E-state index in [9.17, 15) is 48.3 Å². The summed E-state index contributed by atoms with van der Waals surface area (Å²) in [7, 11) is 0. The number of benzene rings is 4. The van der Waals surface area contributed by atoms with E-state index < -0.39 is 69.8 Å². The van der Waals surface area contributed by atoms with Crippen molar-refractivity contribution in [2.45, 2.75) is 128 Å². The summed E-state index contributed by atoms with van der Waals surface area (Å²) in [6.07, 6.45) is 8.08. The molecule has 6 rings (SSSR count). The predicted molar refractivity (Wildman–Crippen MR) is 237 cm³/mol. The van der Waals surface area contributed by atoms with Gasteiger partial charge in [-0.2, -0.15) is 13.2 Å². The van der Waals surface area contributed by atoms with E-state index in [2.05, 4.69) is 6.58 Å². The number of rotatable bonds is 23. The van der Waals surface area contributed by atoms with Crippen LogP contribution in [0.25, 0.3) is 0 Å². The quantitative estimate of drug-likeness (QED) is 0.0422. The van der Waals surface area contributed by atoms with Gasteiger partial charge in [0.05, 0.1) is 26.4 Å². The van der Waals surface area contributed by atoms with Gasteiger partial charge in [-0.05, 0) is 149 Å². The number of ether oxygens (including phenoxy) is 4. The molecular weight excluding hydrogens is 910 g/mol. The predicted octanol–water partition coefficient (Wildman–Crippen LogP) is 16.2. The maximum atomic E-state index is 14.9. The molecule has 2 aliphatic rings. The molecule has 1 unspecified atom stereocenters. The molecular formula is C53H59F11O4. The molecule has 0 aromatic heterocycles. The van der Waals surface area contributed by atoms with Crippen molar-refractivity contribution >= 4 is 0 Å². The fourth-order valence-electron chi connectivity index (χ4n) is 9.37. The molecule has 0 spiro atoms. The molecule has 2 fully saturated rings. The van der Waals surface area contributed by atoms with Gasteiger partial charge in [0.25, 0.3) is 0 Å². The molecule has 15 heteroatoms. The topological polar surface area (TPSA) is 36.9 Å². The summed E-state index contributed by atoms with van der Waals surface area (Å²) in [6, 6.07) is 8.59. The molecule has 4 aromatic carbocycles. The second kappa shape index (κ2) is 24.6. The van der Waals surface area contributed by atoms with Crippen LogP contribution in [0, 0.1) is 71.2 Å². The lowest BCUT2D eigenvalue weighted by Gasteiger charge is -2.29. The van der Waals surface area contributed by atoms with Gasteiger partial charge < -0.3 is 18.9 Å². The molecule has 0 radical (unpaired) electrons. The first-order valence-corrected chi connectivity index (χ1v) is 23.6. The molecule has 4 nitrogen and oxygen atoms in total. The minimum Gasteiger partial charge on any atom is -0.493 e. The molecule has 372 valence electrons. The standard InChI is InChI=1S/C53H59F11O4/c1-3-33(10-6-4-8-20-65-40-26-46(58)51(47(59)27-40)67-30-34-12-16-36(17-13-34)38-22-42(54)32(2)43(55)23-38)11-7-5-9-21-66-41-28-48(60)52(49(61)29-41)68-31-35-14-18-37(19-15-35)39-24-44(56)50(45(57)25-39)53(62,63)64/h3,22-29,33-37H,1,4-21,30-31H2,2H3. The van der Waals surface area contributed by atoms with Gasteiger partial charge >= 0.3 is 6.18 Å². The third-order valence-electron chi connectivity index (χ3n) is 13.5. The molecule has 1 atom stereocenters. The summed E-state index contributed by atoms with van der Waals surface area (Å²) in [5.74, 6) is -8.94. The van der Waals surface area contributed by atoms with Crippen LogP contribution in [0.2, 0.25) is 0 Å². The van der Waals surface area contributed by atoms with Gasteiger partial charge in [0.1, 0.15) is 40.3 Å². The van der Waals surface area contributed by atoms with Crippen LogP contribution in [-0.2, 0) is 6.18 Å². The van der Waals surface area contributed by atoms with E-state index >= 15 is 0 Å². The van der Waals surface area contributed by atoms with Gasteiger partial charge in [-0.1, -0.05) is 31.8 Å². The normalized spacial score (nSPS) is 19.1. The fourth-order valence-corrected chi connectivity index (χ4v) is 9.37. The molecule has 2 saturated carbocycles. The Morgan fingerprint density at radius 3 is 1.22 bits per heavy atom. The van der Waals surface area contributed by atoms with Crippen molar-refractivity contribution in [3.05, 3.63) is 130 Å². The Morgan fingerprint density at radius 1 is 0.500 bits per heavy atom. The SMILES string of the molecule is C=CC(CCCCCOc1cc(F)c(OCC2CCC(c3cc(F)c(C)c(F)c3)CC2)c(F)c1)CCCCCOc1cc(F)c(OCC2CCC(c3cc(F)c(C(F)(F)F)c(F)c3)CC2)c(F)c1. The lowest BCUT2D eigenvalue weighted by Crippen LogP contribution is -2.20. The Labute approximate surface area is 391 Å². The maximum Gasteiger partial charge on any atom is 0.422 e. The fraction of sp³-hybridized carbons (Fsp3) is 0.509. The zero-order chi connectivity index (χ0) is 49.0. The van der Waals surface area contributed by atoms with Gasteiger partial charge in [-0.15, -0.1) is 6.58 Å². The second-order valence-electron chi connectivity index (χ2n) is 18.3. The minimum atomic E-state index is -5.14. The highest BCUT2D eigenvalue weighted by atomic mass is 19.4. The van der Waals surface area contributed by atoms with Gasteiger partial charge in [-0.25, -0.2) is 35.1 Å². The van der Waals surface area contributed by atoms with Crippen molar-refractivity contribution in [1.29, 1.82) is 0 Å². The average molecular weight is 969 g/mol. The average Bonchev–Trinajstić information content (AvgIpc) is 3.28. The van der Waals surface area contributed by atoms with E-state index in [0.717, 1.165) is 74.9 Å². The molecule has 68 heavy (non-hydrogen) atoms. The van der Waals surface area contributed by atoms with Crippen LogP contribution in [0.4, 0.5) is 48.3 Å². The van der Waals surface area contributed by atoms with Crippen molar-refractivity contribution in [2.24, 2.45) is 17.8 Å². The monoisotopic (exact) mass is 968 g/mol. The van der Waals surface area contributed by atoms with Crippen LogP contribution in [0.15, 0.2) is 61.2 Å². The highest BCUT2D eigenvalue weighted by Crippen LogP contribution is 2.41. The summed E-state index contributed by atoms with van der Waals surface area (Å²) in [6.45, 7) is 6.03. The molecule has 2 aliphatic carbocycles. The summed E-state index contributed by atoms with van der Waals surface area (Å²) in [4.78, 5) is 0. The maximum absolute atomic E-state index is 14.9. The minimum absolute atomic E-state index is 0.000312. The van der Waals surface area contributed by atoms with Gasteiger partial charge in [0.15, 0.2) is 34.8 Å². The Kier molecular flexibility index (Phi) is 18.9. The Balaban J connectivity index is 0.799. The molecule has 0 heterocycles. The highest BCUT2D eigenvalue weighted by molar-refractivity contribution is 5.36. The zero-order valence-corrected chi connectivity index (χ0v) is 38.2. The molecule has 0 N–H and O–H groups in total. The van der Waals surface area contributed by atoms with E-state index in [1.807, 2.05) is 6.08 Å². The molecule has 0 bridgehead atoms. The molecule has 0 amide bonds. The van der Waals surface area contributed by atoms with E-state index in [1.54, 1.807) is 0 Å². The van der Waals surface area contributed by atoms with E-state index in [1.165, 1.54) is 19.1 Å². The number of unbranched alkanes of at least 4 members (excludes halogenated alkanes) is 4. The van der Waals surface area contributed by atoms with Gasteiger partial charge in [0, 0.05) is 29.8 Å². The van der Waals surface area contributed by atoms with Crippen molar-refractivity contribution in [3.8, 4) is 23.0 Å². The van der Waals surface area contributed by atoms with Gasteiger partial charge in [-0.3, -0.25) is 0 Å². The first-order valence-electron chi connectivity index (χ1n) is 23.6. The van der Waals surface area contributed by atoms with E-state index in [0.29, 0.717) is 75.7 Å². The van der Waals surface area contributed by atoms with Crippen LogP contribution in [0.3, 0.4) is 0 Å². The van der Waals surface area contributed by atoms with Crippen molar-refractivity contribution in [1.82, 2.24) is 0 Å². The van der Waals surface area contributed by atoms with Crippen LogP contribution >= 0.6 is 0 Å². The zero-order valence-electron chi connectivity index (χ0n) is 38.2. The third-order valence-corrected chi connectivity index (χ3v) is 13.5.